The first-order valence-corrected chi connectivity index (χ1v) is 8.35. The van der Waals surface area contributed by atoms with Gasteiger partial charge < -0.3 is 4.74 Å². The van der Waals surface area contributed by atoms with E-state index in [9.17, 15) is 9.59 Å². The number of hydrogen-bond acceptors (Lipinski definition) is 4. The molecule has 0 N–H and O–H groups in total. The smallest absolute Gasteiger partial charge is 0.338 e. The van der Waals surface area contributed by atoms with Crippen LogP contribution in [0, 0.1) is 6.92 Å². The molecule has 0 amide bonds. The average Bonchev–Trinajstić information content (AvgIpc) is 3.09. The third kappa shape index (κ3) is 3.78. The van der Waals surface area contributed by atoms with Crippen LogP contribution >= 0.6 is 11.3 Å². The molecule has 0 fully saturated rings. The first-order chi connectivity index (χ1) is 11.7. The van der Waals surface area contributed by atoms with Crippen molar-refractivity contribution in [3.8, 4) is 10.4 Å². The van der Waals surface area contributed by atoms with E-state index in [0.29, 0.717) is 10.4 Å². The molecule has 2 aromatic carbocycles. The zero-order valence-corrected chi connectivity index (χ0v) is 14.0. The number of aldehydes is 1. The van der Waals surface area contributed by atoms with Gasteiger partial charge in [0.25, 0.3) is 0 Å². The summed E-state index contributed by atoms with van der Waals surface area (Å²) in [6.07, 6.45) is 0.832. The molecule has 0 unspecified atom stereocenters. The monoisotopic (exact) mass is 336 g/mol. The van der Waals surface area contributed by atoms with Gasteiger partial charge in [-0.05, 0) is 47.9 Å². The number of aryl methyl sites for hydroxylation is 1. The summed E-state index contributed by atoms with van der Waals surface area (Å²) in [6, 6.07) is 18.9. The number of rotatable bonds is 5. The standard InChI is InChI=1S/C20H16O3S/c1-14-9-16(19-8-7-18(12-21)24-19)11-17(10-14)20(22)23-13-15-5-3-2-4-6-15/h2-12H,13H2,1H3. The van der Waals surface area contributed by atoms with Gasteiger partial charge in [0, 0.05) is 4.88 Å². The van der Waals surface area contributed by atoms with Crippen molar-refractivity contribution in [1.82, 2.24) is 0 Å². The molecular weight excluding hydrogens is 320 g/mol. The summed E-state index contributed by atoms with van der Waals surface area (Å²) in [5, 5.41) is 0. The predicted molar refractivity (Wildman–Crippen MR) is 95.4 cm³/mol. The SMILES string of the molecule is Cc1cc(C(=O)OCc2ccccc2)cc(-c2ccc(C=O)s2)c1. The van der Waals surface area contributed by atoms with Crippen molar-refractivity contribution >= 4 is 23.6 Å². The van der Waals surface area contributed by atoms with Crippen molar-refractivity contribution in [2.75, 3.05) is 0 Å². The van der Waals surface area contributed by atoms with Gasteiger partial charge in [-0.3, -0.25) is 4.79 Å². The van der Waals surface area contributed by atoms with Gasteiger partial charge >= 0.3 is 5.97 Å². The Bertz CT molecular complexity index is 866. The lowest BCUT2D eigenvalue weighted by Gasteiger charge is -2.08. The Morgan fingerprint density at radius 2 is 1.88 bits per heavy atom. The fourth-order valence-electron chi connectivity index (χ4n) is 2.42. The molecule has 0 bridgehead atoms. The minimum Gasteiger partial charge on any atom is -0.457 e. The minimum atomic E-state index is -0.351. The van der Waals surface area contributed by atoms with Gasteiger partial charge in [-0.1, -0.05) is 36.4 Å². The van der Waals surface area contributed by atoms with Crippen LogP contribution in [0.4, 0.5) is 0 Å². The molecule has 0 saturated heterocycles. The number of ether oxygens (including phenoxy) is 1. The Morgan fingerprint density at radius 3 is 2.58 bits per heavy atom. The summed E-state index contributed by atoms with van der Waals surface area (Å²) < 4.78 is 5.39. The zero-order chi connectivity index (χ0) is 16.9. The zero-order valence-electron chi connectivity index (χ0n) is 13.2. The van der Waals surface area contributed by atoms with Crippen LogP contribution in [-0.2, 0) is 11.3 Å². The predicted octanol–water partition coefficient (Wildman–Crippen LogP) is 4.89. The van der Waals surface area contributed by atoms with Gasteiger partial charge in [-0.15, -0.1) is 11.3 Å². The van der Waals surface area contributed by atoms with Crippen LogP contribution in [-0.4, -0.2) is 12.3 Å². The molecular formula is C20H16O3S. The van der Waals surface area contributed by atoms with E-state index < -0.39 is 0 Å². The molecule has 1 aromatic heterocycles. The van der Waals surface area contributed by atoms with Crippen molar-refractivity contribution < 1.29 is 14.3 Å². The molecule has 0 radical (unpaired) electrons. The van der Waals surface area contributed by atoms with Crippen molar-refractivity contribution in [2.45, 2.75) is 13.5 Å². The average molecular weight is 336 g/mol. The normalized spacial score (nSPS) is 10.4. The van der Waals surface area contributed by atoms with Crippen LogP contribution < -0.4 is 0 Å². The lowest BCUT2D eigenvalue weighted by Crippen LogP contribution is -2.05. The van der Waals surface area contributed by atoms with Gasteiger partial charge in [0.1, 0.15) is 6.61 Å². The summed E-state index contributed by atoms with van der Waals surface area (Å²) in [5.74, 6) is -0.351. The van der Waals surface area contributed by atoms with Gasteiger partial charge in [-0.25, -0.2) is 4.79 Å². The molecule has 0 aliphatic rings. The van der Waals surface area contributed by atoms with E-state index in [1.165, 1.54) is 11.3 Å². The highest BCUT2D eigenvalue weighted by Crippen LogP contribution is 2.29. The summed E-state index contributed by atoms with van der Waals surface area (Å²) >= 11 is 1.41. The van der Waals surface area contributed by atoms with Gasteiger partial charge in [-0.2, -0.15) is 0 Å². The molecule has 0 spiro atoms. The lowest BCUT2D eigenvalue weighted by molar-refractivity contribution is 0.0472. The minimum absolute atomic E-state index is 0.247. The van der Waals surface area contributed by atoms with Gasteiger partial charge in [0.05, 0.1) is 10.4 Å². The van der Waals surface area contributed by atoms with Gasteiger partial charge in [0.2, 0.25) is 0 Å². The van der Waals surface area contributed by atoms with Crippen LogP contribution in [0.25, 0.3) is 10.4 Å². The van der Waals surface area contributed by atoms with Crippen molar-refractivity contribution in [1.29, 1.82) is 0 Å². The maximum Gasteiger partial charge on any atom is 0.338 e. The molecule has 3 aromatic rings. The second-order valence-electron chi connectivity index (χ2n) is 5.47. The van der Waals surface area contributed by atoms with Crippen molar-refractivity contribution in [3.05, 3.63) is 82.2 Å². The van der Waals surface area contributed by atoms with E-state index in [-0.39, 0.29) is 12.6 Å². The fourth-order valence-corrected chi connectivity index (χ4v) is 3.23. The topological polar surface area (TPSA) is 43.4 Å². The van der Waals surface area contributed by atoms with E-state index in [2.05, 4.69) is 0 Å². The Hall–Kier alpha value is -2.72. The van der Waals surface area contributed by atoms with Crippen LogP contribution in [0.2, 0.25) is 0 Å². The molecule has 0 saturated carbocycles. The Balaban J connectivity index is 1.80. The molecule has 4 heteroatoms. The molecule has 0 aliphatic carbocycles. The third-order valence-electron chi connectivity index (χ3n) is 3.55. The first kappa shape index (κ1) is 16.1. The number of thiophene rings is 1. The maximum absolute atomic E-state index is 12.3. The highest BCUT2D eigenvalue weighted by atomic mass is 32.1. The number of carbonyl (C=O) groups is 2. The second kappa shape index (κ2) is 7.23. The van der Waals surface area contributed by atoms with Crippen LogP contribution in [0.1, 0.15) is 31.2 Å². The number of benzene rings is 2. The summed E-state index contributed by atoms with van der Waals surface area (Å²) in [6.45, 7) is 2.18. The highest BCUT2D eigenvalue weighted by molar-refractivity contribution is 7.17. The fraction of sp³-hybridized carbons (Fsp3) is 0.100. The molecule has 3 rings (SSSR count). The number of esters is 1. The summed E-state index contributed by atoms with van der Waals surface area (Å²) in [7, 11) is 0. The molecule has 0 aliphatic heterocycles. The Kier molecular flexibility index (Phi) is 4.87. The molecule has 3 nitrogen and oxygen atoms in total. The van der Waals surface area contributed by atoms with Crippen LogP contribution in [0.15, 0.2) is 60.7 Å². The van der Waals surface area contributed by atoms with E-state index in [0.717, 1.165) is 27.9 Å². The summed E-state index contributed by atoms with van der Waals surface area (Å²) in [4.78, 5) is 24.8. The van der Waals surface area contributed by atoms with E-state index >= 15 is 0 Å². The van der Waals surface area contributed by atoms with Crippen LogP contribution in [0.3, 0.4) is 0 Å². The lowest BCUT2D eigenvalue weighted by atomic mass is 10.1. The molecule has 24 heavy (non-hydrogen) atoms. The molecule has 120 valence electrons. The third-order valence-corrected chi connectivity index (χ3v) is 4.61. The molecule has 0 atom stereocenters. The van der Waals surface area contributed by atoms with E-state index in [1.54, 1.807) is 12.1 Å². The largest absolute Gasteiger partial charge is 0.457 e. The maximum atomic E-state index is 12.3. The quantitative estimate of drug-likeness (QED) is 0.492. The van der Waals surface area contributed by atoms with E-state index in [1.807, 2.05) is 55.5 Å². The van der Waals surface area contributed by atoms with Gasteiger partial charge in [0.15, 0.2) is 6.29 Å². The number of hydrogen-bond donors (Lipinski definition) is 0. The Morgan fingerprint density at radius 1 is 1.08 bits per heavy atom. The Labute approximate surface area is 144 Å². The molecule has 1 heterocycles. The highest BCUT2D eigenvalue weighted by Gasteiger charge is 2.11. The van der Waals surface area contributed by atoms with E-state index in [4.69, 9.17) is 4.74 Å². The van der Waals surface area contributed by atoms with Crippen LogP contribution in [0.5, 0.6) is 0 Å². The van der Waals surface area contributed by atoms with Crippen molar-refractivity contribution in [2.24, 2.45) is 0 Å². The first-order valence-electron chi connectivity index (χ1n) is 7.54. The van der Waals surface area contributed by atoms with Crippen molar-refractivity contribution in [3.63, 3.8) is 0 Å². The number of carbonyl (C=O) groups excluding carboxylic acids is 2. The summed E-state index contributed by atoms with van der Waals surface area (Å²) in [5.41, 5.74) is 3.36. The second-order valence-corrected chi connectivity index (χ2v) is 6.58.